The molecular weight excluding hydrogens is 236 g/mol. The van der Waals surface area contributed by atoms with Crippen molar-refractivity contribution < 1.29 is 4.74 Å². The molecule has 1 aliphatic carbocycles. The number of hydrogen-bond acceptors (Lipinski definition) is 3. The molecule has 3 nitrogen and oxygen atoms in total. The Labute approximate surface area is 113 Å². The Hall–Kier alpha value is -1.77. The van der Waals surface area contributed by atoms with Crippen LogP contribution in [0.2, 0.25) is 0 Å². The van der Waals surface area contributed by atoms with Crippen LogP contribution < -0.4 is 10.1 Å². The van der Waals surface area contributed by atoms with Crippen LogP contribution in [-0.4, -0.2) is 17.6 Å². The highest BCUT2D eigenvalue weighted by atomic mass is 16.5. The Kier molecular flexibility index (Phi) is 2.40. The van der Waals surface area contributed by atoms with Crippen molar-refractivity contribution in [3.8, 4) is 5.75 Å². The van der Waals surface area contributed by atoms with Crippen LogP contribution in [0.4, 0.5) is 5.69 Å². The number of aromatic nitrogens is 1. The lowest BCUT2D eigenvalue weighted by Gasteiger charge is -2.20. The van der Waals surface area contributed by atoms with E-state index in [0.717, 1.165) is 30.7 Å². The number of ether oxygens (including phenoxy) is 1. The summed E-state index contributed by atoms with van der Waals surface area (Å²) in [5.41, 5.74) is 5.05. The molecule has 1 N–H and O–H groups in total. The van der Waals surface area contributed by atoms with Gasteiger partial charge in [0.05, 0.1) is 23.1 Å². The second-order valence-corrected chi connectivity index (χ2v) is 5.58. The Morgan fingerprint density at radius 3 is 3.11 bits per heavy atom. The monoisotopic (exact) mass is 254 g/mol. The van der Waals surface area contributed by atoms with Crippen LogP contribution in [0.3, 0.4) is 0 Å². The smallest absolute Gasteiger partial charge is 0.131 e. The van der Waals surface area contributed by atoms with Crippen molar-refractivity contribution in [3.63, 3.8) is 0 Å². The van der Waals surface area contributed by atoms with Gasteiger partial charge < -0.3 is 10.1 Å². The van der Waals surface area contributed by atoms with E-state index >= 15 is 0 Å². The first-order valence-corrected chi connectivity index (χ1v) is 7.18. The molecule has 1 aromatic carbocycles. The molecule has 2 aromatic rings. The van der Waals surface area contributed by atoms with Crippen molar-refractivity contribution in [1.82, 2.24) is 4.98 Å². The molecular formula is C16H18N2O. The summed E-state index contributed by atoms with van der Waals surface area (Å²) >= 11 is 0. The maximum absolute atomic E-state index is 6.02. The van der Waals surface area contributed by atoms with Gasteiger partial charge in [-0.1, -0.05) is 6.07 Å². The topological polar surface area (TPSA) is 34.2 Å². The summed E-state index contributed by atoms with van der Waals surface area (Å²) in [5.74, 6) is 0.978. The van der Waals surface area contributed by atoms with Gasteiger partial charge in [0.2, 0.25) is 0 Å². The summed E-state index contributed by atoms with van der Waals surface area (Å²) in [6.07, 6.45) is 4.98. The first-order valence-electron chi connectivity index (χ1n) is 7.18. The molecule has 4 rings (SSSR count). The zero-order valence-electron chi connectivity index (χ0n) is 11.2. The second-order valence-electron chi connectivity index (χ2n) is 5.58. The van der Waals surface area contributed by atoms with Crippen molar-refractivity contribution in [3.05, 3.63) is 29.5 Å². The van der Waals surface area contributed by atoms with E-state index in [0.29, 0.717) is 0 Å². The largest absolute Gasteiger partial charge is 0.488 e. The molecule has 0 amide bonds. The highest BCUT2D eigenvalue weighted by Gasteiger charge is 2.23. The molecule has 0 spiro atoms. The molecule has 0 fully saturated rings. The number of fused-ring (bicyclic) bond motifs is 2. The number of anilines is 1. The summed E-state index contributed by atoms with van der Waals surface area (Å²) in [6.45, 7) is 2.97. The molecule has 1 atom stereocenters. The van der Waals surface area contributed by atoms with E-state index < -0.39 is 0 Å². The molecule has 19 heavy (non-hydrogen) atoms. The lowest BCUT2D eigenvalue weighted by Crippen LogP contribution is -2.21. The molecule has 98 valence electrons. The first-order chi connectivity index (χ1) is 9.33. The number of nitrogens with one attached hydrogen (secondary N) is 1. The molecule has 3 heteroatoms. The van der Waals surface area contributed by atoms with E-state index in [9.17, 15) is 0 Å². The van der Waals surface area contributed by atoms with E-state index in [1.54, 1.807) is 0 Å². The number of nitrogens with zero attached hydrogens (tertiary/aromatic N) is 1. The highest BCUT2D eigenvalue weighted by molar-refractivity contribution is 5.98. The minimum absolute atomic E-state index is 0.192. The van der Waals surface area contributed by atoms with Crippen LogP contribution in [0.5, 0.6) is 5.75 Å². The summed E-state index contributed by atoms with van der Waals surface area (Å²) in [4.78, 5) is 4.87. The second kappa shape index (κ2) is 4.12. The fourth-order valence-electron chi connectivity index (χ4n) is 3.24. The van der Waals surface area contributed by atoms with Gasteiger partial charge in [-0.2, -0.15) is 0 Å². The number of benzene rings is 1. The van der Waals surface area contributed by atoms with Gasteiger partial charge in [-0.3, -0.25) is 4.98 Å². The van der Waals surface area contributed by atoms with Crippen LogP contribution in [0.15, 0.2) is 18.2 Å². The molecule has 2 aliphatic rings. The van der Waals surface area contributed by atoms with Crippen molar-refractivity contribution in [2.75, 3.05) is 11.9 Å². The van der Waals surface area contributed by atoms with Gasteiger partial charge in [-0.05, 0) is 50.3 Å². The average molecular weight is 254 g/mol. The molecule has 1 aliphatic heterocycles. The average Bonchev–Trinajstić information content (AvgIpc) is 2.60. The number of rotatable bonds is 0. The predicted octanol–water partition coefficient (Wildman–Crippen LogP) is 3.31. The van der Waals surface area contributed by atoms with Crippen molar-refractivity contribution >= 4 is 16.6 Å². The van der Waals surface area contributed by atoms with Crippen molar-refractivity contribution in [2.45, 2.75) is 38.7 Å². The fraction of sp³-hybridized carbons (Fsp3) is 0.438. The normalized spacial score (nSPS) is 21.2. The van der Waals surface area contributed by atoms with Gasteiger partial charge in [-0.15, -0.1) is 0 Å². The molecule has 0 saturated heterocycles. The first kappa shape index (κ1) is 11.1. The summed E-state index contributed by atoms with van der Waals surface area (Å²) < 4.78 is 6.02. The third-order valence-corrected chi connectivity index (χ3v) is 4.14. The molecule has 0 saturated carbocycles. The molecule has 0 bridgehead atoms. The van der Waals surface area contributed by atoms with E-state index in [2.05, 4.69) is 24.4 Å². The lowest BCUT2D eigenvalue weighted by molar-refractivity contribution is 0.240. The lowest BCUT2D eigenvalue weighted by atomic mass is 9.92. The van der Waals surface area contributed by atoms with E-state index in [1.807, 2.05) is 6.07 Å². The quantitative estimate of drug-likeness (QED) is 0.783. The van der Waals surface area contributed by atoms with Crippen LogP contribution in [0, 0.1) is 0 Å². The van der Waals surface area contributed by atoms with Crippen LogP contribution >= 0.6 is 0 Å². The Morgan fingerprint density at radius 1 is 1.26 bits per heavy atom. The zero-order valence-corrected chi connectivity index (χ0v) is 11.2. The van der Waals surface area contributed by atoms with E-state index in [-0.39, 0.29) is 6.10 Å². The van der Waals surface area contributed by atoms with Crippen LogP contribution in [0.25, 0.3) is 10.9 Å². The van der Waals surface area contributed by atoms with E-state index in [1.165, 1.54) is 35.2 Å². The molecule has 0 radical (unpaired) electrons. The fourth-order valence-corrected chi connectivity index (χ4v) is 3.24. The molecule has 1 unspecified atom stereocenters. The number of pyridine rings is 1. The van der Waals surface area contributed by atoms with Crippen molar-refractivity contribution in [1.29, 1.82) is 0 Å². The number of aryl methyl sites for hydroxylation is 1. The van der Waals surface area contributed by atoms with E-state index in [4.69, 9.17) is 9.72 Å². The third-order valence-electron chi connectivity index (χ3n) is 4.14. The predicted molar refractivity (Wildman–Crippen MR) is 77.0 cm³/mol. The standard InChI is InChI=1S/C16H18N2O/c1-10-9-17-16-11-5-2-3-6-12(11)18-13-7-4-8-14(19-10)15(13)16/h4,7-8,10,17H,2-3,5-6,9H2,1H3. The Morgan fingerprint density at radius 2 is 2.16 bits per heavy atom. The van der Waals surface area contributed by atoms with Gasteiger partial charge >= 0.3 is 0 Å². The zero-order chi connectivity index (χ0) is 12.8. The maximum Gasteiger partial charge on any atom is 0.131 e. The van der Waals surface area contributed by atoms with Crippen LogP contribution in [-0.2, 0) is 12.8 Å². The minimum atomic E-state index is 0.192. The van der Waals surface area contributed by atoms with Gasteiger partial charge in [-0.25, -0.2) is 0 Å². The van der Waals surface area contributed by atoms with Gasteiger partial charge in [0.25, 0.3) is 0 Å². The van der Waals surface area contributed by atoms with Gasteiger partial charge in [0, 0.05) is 5.69 Å². The molecule has 1 aromatic heterocycles. The molecule has 2 heterocycles. The number of hydrogen-bond donors (Lipinski definition) is 1. The van der Waals surface area contributed by atoms with Crippen LogP contribution in [0.1, 0.15) is 31.0 Å². The summed E-state index contributed by atoms with van der Waals surface area (Å²) in [6, 6.07) is 6.20. The SMILES string of the molecule is CC1CNc2c3c(nc4cccc(c24)O1)CCCC3. The minimum Gasteiger partial charge on any atom is -0.488 e. The maximum atomic E-state index is 6.02. The highest BCUT2D eigenvalue weighted by Crippen LogP contribution is 2.39. The van der Waals surface area contributed by atoms with Crippen molar-refractivity contribution in [2.24, 2.45) is 0 Å². The third kappa shape index (κ3) is 1.68. The van der Waals surface area contributed by atoms with Gasteiger partial charge in [0.1, 0.15) is 11.9 Å². The summed E-state index contributed by atoms with van der Waals surface area (Å²) in [5, 5.41) is 4.78. The Balaban J connectivity index is 2.06. The summed E-state index contributed by atoms with van der Waals surface area (Å²) in [7, 11) is 0. The van der Waals surface area contributed by atoms with Gasteiger partial charge in [0.15, 0.2) is 0 Å². The Bertz CT molecular complexity index is 651.